The van der Waals surface area contributed by atoms with Gasteiger partial charge in [-0.25, -0.2) is 4.98 Å². The maximum atomic E-state index is 5.70. The van der Waals surface area contributed by atoms with Crippen molar-refractivity contribution in [2.45, 2.75) is 26.8 Å². The molecule has 4 nitrogen and oxygen atoms in total. The van der Waals surface area contributed by atoms with Crippen molar-refractivity contribution < 1.29 is 4.74 Å². The molecule has 0 aliphatic rings. The molecule has 3 rings (SSSR count). The van der Waals surface area contributed by atoms with Crippen LogP contribution in [0.4, 0.5) is 0 Å². The summed E-state index contributed by atoms with van der Waals surface area (Å²) in [5, 5.41) is 5.70. The van der Waals surface area contributed by atoms with Crippen LogP contribution < -0.4 is 4.74 Å². The van der Waals surface area contributed by atoms with Gasteiger partial charge in [-0.05, 0) is 32.9 Å². The summed E-state index contributed by atoms with van der Waals surface area (Å²) in [6.07, 6.45) is 4.99. The highest BCUT2D eigenvalue weighted by Crippen LogP contribution is 2.34. The predicted molar refractivity (Wildman–Crippen MR) is 83.4 cm³/mol. The summed E-state index contributed by atoms with van der Waals surface area (Å²) in [7, 11) is 0. The molecule has 0 fully saturated rings. The van der Waals surface area contributed by atoms with E-state index < -0.39 is 0 Å². The molecule has 0 spiro atoms. The molecule has 2 heterocycles. The Bertz CT molecular complexity index is 762. The first kappa shape index (κ1) is 13.6. The Labute approximate surface area is 124 Å². The summed E-state index contributed by atoms with van der Waals surface area (Å²) in [5.74, 6) is 0.658. The number of pyridine rings is 1. The molecule has 0 bridgehead atoms. The van der Waals surface area contributed by atoms with Gasteiger partial charge in [0.25, 0.3) is 0 Å². The third-order valence-corrected chi connectivity index (χ3v) is 3.36. The van der Waals surface area contributed by atoms with Crippen molar-refractivity contribution in [2.24, 2.45) is 0 Å². The van der Waals surface area contributed by atoms with Crippen LogP contribution in [0.5, 0.6) is 5.75 Å². The highest BCUT2D eigenvalue weighted by Gasteiger charge is 2.15. The van der Waals surface area contributed by atoms with E-state index in [0.717, 1.165) is 22.2 Å². The molecule has 0 atom stereocenters. The molecule has 2 aromatic heterocycles. The first-order valence-corrected chi connectivity index (χ1v) is 7.19. The zero-order valence-corrected chi connectivity index (χ0v) is 12.5. The fraction of sp³-hybridized carbons (Fsp3) is 0.294. The Morgan fingerprint density at radius 2 is 2.05 bits per heavy atom. The van der Waals surface area contributed by atoms with Crippen molar-refractivity contribution in [3.63, 3.8) is 0 Å². The third kappa shape index (κ3) is 2.49. The molecule has 0 saturated carbocycles. The molecular weight excluding hydrogens is 262 g/mol. The number of ether oxygens (including phenoxy) is 1. The van der Waals surface area contributed by atoms with Crippen molar-refractivity contribution in [3.05, 3.63) is 42.7 Å². The lowest BCUT2D eigenvalue weighted by atomic mass is 10.1. The predicted octanol–water partition coefficient (Wildman–Crippen LogP) is 3.88. The molecule has 3 aromatic rings. The number of fused-ring (bicyclic) bond motifs is 1. The van der Waals surface area contributed by atoms with Gasteiger partial charge >= 0.3 is 0 Å². The zero-order chi connectivity index (χ0) is 14.8. The molecule has 0 aliphatic carbocycles. The number of hydrogen-bond acceptors (Lipinski definition) is 3. The van der Waals surface area contributed by atoms with Gasteiger partial charge in [-0.2, -0.15) is 5.10 Å². The molecule has 107 valence electrons. The van der Waals surface area contributed by atoms with E-state index in [4.69, 9.17) is 4.74 Å². The number of aromatic nitrogens is 3. The van der Waals surface area contributed by atoms with E-state index in [9.17, 15) is 0 Å². The van der Waals surface area contributed by atoms with Crippen molar-refractivity contribution in [1.29, 1.82) is 0 Å². The lowest BCUT2D eigenvalue weighted by molar-refractivity contribution is 0.340. The second-order valence-electron chi connectivity index (χ2n) is 5.15. The van der Waals surface area contributed by atoms with Crippen LogP contribution in [0.15, 0.2) is 36.5 Å². The number of rotatable bonds is 4. The van der Waals surface area contributed by atoms with Crippen LogP contribution in [-0.4, -0.2) is 21.4 Å². The largest absolute Gasteiger partial charge is 0.491 e. The molecule has 0 amide bonds. The summed E-state index contributed by atoms with van der Waals surface area (Å²) in [4.78, 5) is 4.34. The van der Waals surface area contributed by atoms with Gasteiger partial charge in [0, 0.05) is 17.6 Å². The van der Waals surface area contributed by atoms with E-state index in [2.05, 4.69) is 30.1 Å². The summed E-state index contributed by atoms with van der Waals surface area (Å²) >= 11 is 0. The highest BCUT2D eigenvalue weighted by atomic mass is 16.5. The molecule has 0 aliphatic heterocycles. The van der Waals surface area contributed by atoms with Gasteiger partial charge in [0.15, 0.2) is 5.75 Å². The fourth-order valence-corrected chi connectivity index (χ4v) is 2.33. The molecule has 0 N–H and O–H groups in total. The standard InChI is InChI=1S/C17H18N3O/c1-4-21-16-11-18-14-8-6-5-7-13(14)17(16)15-9-10-20(19-15)12(2)3/h5-10,12H,4H2,1-3H3. The molecule has 21 heavy (non-hydrogen) atoms. The smallest absolute Gasteiger partial charge is 0.157 e. The van der Waals surface area contributed by atoms with Gasteiger partial charge < -0.3 is 4.74 Å². The van der Waals surface area contributed by atoms with E-state index in [1.54, 1.807) is 0 Å². The number of nitrogens with zero attached hydrogens (tertiary/aromatic N) is 3. The first-order chi connectivity index (χ1) is 10.2. The molecule has 0 unspecified atom stereocenters. The Morgan fingerprint density at radius 1 is 1.24 bits per heavy atom. The van der Waals surface area contributed by atoms with Crippen LogP contribution in [0.25, 0.3) is 22.2 Å². The van der Waals surface area contributed by atoms with Crippen molar-refractivity contribution in [2.75, 3.05) is 6.61 Å². The SMILES string of the molecule is CCOc1[c]nc2ccccc2c1-c1ccn(C(C)C)n1. The van der Waals surface area contributed by atoms with E-state index in [-0.39, 0.29) is 0 Å². The molecular formula is C17H18N3O. The summed E-state index contributed by atoms with van der Waals surface area (Å²) in [6, 6.07) is 10.3. The molecule has 1 radical (unpaired) electrons. The minimum absolute atomic E-state index is 0.325. The Kier molecular flexibility index (Phi) is 3.60. The van der Waals surface area contributed by atoms with Crippen LogP contribution in [0.1, 0.15) is 26.8 Å². The van der Waals surface area contributed by atoms with E-state index in [1.807, 2.05) is 48.1 Å². The van der Waals surface area contributed by atoms with Gasteiger partial charge in [0.2, 0.25) is 0 Å². The number of hydrogen-bond donors (Lipinski definition) is 0. The van der Waals surface area contributed by atoms with Crippen LogP contribution >= 0.6 is 0 Å². The van der Waals surface area contributed by atoms with Crippen LogP contribution in [-0.2, 0) is 0 Å². The maximum absolute atomic E-state index is 5.70. The average molecular weight is 280 g/mol. The maximum Gasteiger partial charge on any atom is 0.157 e. The summed E-state index contributed by atoms with van der Waals surface area (Å²) in [6.45, 7) is 6.75. The van der Waals surface area contributed by atoms with Gasteiger partial charge in [0.1, 0.15) is 6.20 Å². The van der Waals surface area contributed by atoms with Gasteiger partial charge in [-0.15, -0.1) is 0 Å². The second kappa shape index (κ2) is 5.56. The molecule has 4 heteroatoms. The monoisotopic (exact) mass is 280 g/mol. The zero-order valence-electron chi connectivity index (χ0n) is 12.5. The van der Waals surface area contributed by atoms with Crippen molar-refractivity contribution >= 4 is 10.9 Å². The first-order valence-electron chi connectivity index (χ1n) is 7.19. The minimum Gasteiger partial charge on any atom is -0.491 e. The lowest BCUT2D eigenvalue weighted by Crippen LogP contribution is -2.02. The van der Waals surface area contributed by atoms with Gasteiger partial charge in [0.05, 0.1) is 23.4 Å². The van der Waals surface area contributed by atoms with E-state index >= 15 is 0 Å². The van der Waals surface area contributed by atoms with Crippen LogP contribution in [0, 0.1) is 6.20 Å². The topological polar surface area (TPSA) is 39.9 Å². The number of benzene rings is 1. The van der Waals surface area contributed by atoms with E-state index in [0.29, 0.717) is 18.4 Å². The minimum atomic E-state index is 0.325. The third-order valence-electron chi connectivity index (χ3n) is 3.36. The van der Waals surface area contributed by atoms with Gasteiger partial charge in [-0.1, -0.05) is 18.2 Å². The van der Waals surface area contributed by atoms with Crippen LogP contribution in [0.3, 0.4) is 0 Å². The summed E-state index contributed by atoms with van der Waals surface area (Å²) in [5.41, 5.74) is 2.75. The highest BCUT2D eigenvalue weighted by molar-refractivity contribution is 5.96. The van der Waals surface area contributed by atoms with E-state index in [1.165, 1.54) is 0 Å². The fourth-order valence-electron chi connectivity index (χ4n) is 2.33. The normalized spacial score (nSPS) is 11.2. The second-order valence-corrected chi connectivity index (χ2v) is 5.15. The van der Waals surface area contributed by atoms with Crippen LogP contribution in [0.2, 0.25) is 0 Å². The van der Waals surface area contributed by atoms with Gasteiger partial charge in [-0.3, -0.25) is 4.68 Å². The number of para-hydroxylation sites is 1. The Balaban J connectivity index is 2.23. The quantitative estimate of drug-likeness (QED) is 0.728. The Hall–Kier alpha value is -2.36. The average Bonchev–Trinajstić information content (AvgIpc) is 2.97. The van der Waals surface area contributed by atoms with Crippen molar-refractivity contribution in [1.82, 2.24) is 14.8 Å². The van der Waals surface area contributed by atoms with Crippen molar-refractivity contribution in [3.8, 4) is 17.0 Å². The Morgan fingerprint density at radius 3 is 2.76 bits per heavy atom. The summed E-state index contributed by atoms with van der Waals surface area (Å²) < 4.78 is 7.65. The molecule has 0 saturated heterocycles. The lowest BCUT2D eigenvalue weighted by Gasteiger charge is -2.11. The molecule has 1 aromatic carbocycles.